The van der Waals surface area contributed by atoms with E-state index in [0.29, 0.717) is 24.3 Å². The Labute approximate surface area is 128 Å². The molecule has 1 aromatic carbocycles. The molecule has 2 N–H and O–H groups in total. The Morgan fingerprint density at radius 2 is 2.23 bits per heavy atom. The van der Waals surface area contributed by atoms with Crippen LogP contribution in [-0.2, 0) is 11.3 Å². The van der Waals surface area contributed by atoms with Crippen LogP contribution in [0.15, 0.2) is 49.6 Å². The number of nitrogens with one attached hydrogen (secondary N) is 2. The molecule has 1 aromatic heterocycles. The normalized spacial score (nSPS) is 10.0. The molecule has 0 radical (unpaired) electrons. The van der Waals surface area contributed by atoms with Crippen LogP contribution in [0.4, 0.5) is 5.69 Å². The molecule has 7 heteroatoms. The topological polar surface area (TPSA) is 88.9 Å². The summed E-state index contributed by atoms with van der Waals surface area (Å²) in [6.45, 7) is 4.60. The Kier molecular flexibility index (Phi) is 5.42. The van der Waals surface area contributed by atoms with E-state index in [1.165, 1.54) is 12.4 Å². The number of hydrogen-bond acceptors (Lipinski definition) is 4. The smallest absolute Gasteiger partial charge is 0.251 e. The first-order chi connectivity index (χ1) is 10.7. The second kappa shape index (κ2) is 7.72. The van der Waals surface area contributed by atoms with Gasteiger partial charge in [0.15, 0.2) is 0 Å². The van der Waals surface area contributed by atoms with Crippen LogP contribution >= 0.6 is 0 Å². The maximum absolute atomic E-state index is 12.0. The van der Waals surface area contributed by atoms with E-state index in [1.807, 2.05) is 0 Å². The Morgan fingerprint density at radius 1 is 1.36 bits per heavy atom. The van der Waals surface area contributed by atoms with Gasteiger partial charge in [-0.05, 0) is 30.7 Å². The lowest BCUT2D eigenvalue weighted by Crippen LogP contribution is -2.25. The first kappa shape index (κ1) is 15.4. The van der Waals surface area contributed by atoms with Crippen molar-refractivity contribution in [2.75, 3.05) is 11.9 Å². The van der Waals surface area contributed by atoms with Crippen molar-refractivity contribution in [3.05, 3.63) is 55.1 Å². The van der Waals surface area contributed by atoms with Crippen LogP contribution in [0.25, 0.3) is 0 Å². The summed E-state index contributed by atoms with van der Waals surface area (Å²) in [4.78, 5) is 27.1. The molecule has 0 aliphatic rings. The molecule has 2 amide bonds. The van der Waals surface area contributed by atoms with Crippen LogP contribution in [0.1, 0.15) is 16.8 Å². The quantitative estimate of drug-likeness (QED) is 0.594. The zero-order valence-corrected chi connectivity index (χ0v) is 12.0. The fraction of sp³-hybridized carbons (Fsp3) is 0.200. The monoisotopic (exact) mass is 299 g/mol. The molecule has 0 atom stereocenters. The molecule has 0 saturated carbocycles. The highest BCUT2D eigenvalue weighted by molar-refractivity contribution is 6.00. The Morgan fingerprint density at radius 3 is 2.95 bits per heavy atom. The van der Waals surface area contributed by atoms with E-state index < -0.39 is 0 Å². The summed E-state index contributed by atoms with van der Waals surface area (Å²) < 4.78 is 1.71. The molecule has 0 aliphatic heterocycles. The highest BCUT2D eigenvalue weighted by Gasteiger charge is 2.06. The molecule has 0 fully saturated rings. The number of nitrogens with zero attached hydrogens (tertiary/aromatic N) is 3. The van der Waals surface area contributed by atoms with Crippen molar-refractivity contribution in [2.24, 2.45) is 0 Å². The van der Waals surface area contributed by atoms with E-state index in [2.05, 4.69) is 27.3 Å². The first-order valence-electron chi connectivity index (χ1n) is 6.83. The van der Waals surface area contributed by atoms with E-state index in [-0.39, 0.29) is 11.8 Å². The standard InChI is InChI=1S/C15H17N5O2/c1-2-14(21)19-13-6-3-5-12(9-13)15(22)17-7-4-8-20-11-16-10-18-20/h2-3,5-6,9-11H,1,4,7-8H2,(H,17,22)(H,19,21). The third-order valence-corrected chi connectivity index (χ3v) is 2.89. The summed E-state index contributed by atoms with van der Waals surface area (Å²) in [5.41, 5.74) is 1.04. The number of benzene rings is 1. The Bertz CT molecular complexity index is 652. The number of rotatable bonds is 7. The van der Waals surface area contributed by atoms with Crippen LogP contribution < -0.4 is 10.6 Å². The molecular weight excluding hydrogens is 282 g/mol. The second-order valence-electron chi connectivity index (χ2n) is 4.54. The second-order valence-corrected chi connectivity index (χ2v) is 4.54. The van der Waals surface area contributed by atoms with Gasteiger partial charge in [-0.2, -0.15) is 5.10 Å². The lowest BCUT2D eigenvalue weighted by atomic mass is 10.2. The molecule has 0 spiro atoms. The SMILES string of the molecule is C=CC(=O)Nc1cccc(C(=O)NCCCn2cncn2)c1. The largest absolute Gasteiger partial charge is 0.352 e. The molecule has 1 heterocycles. The van der Waals surface area contributed by atoms with Gasteiger partial charge in [-0.3, -0.25) is 14.3 Å². The fourth-order valence-corrected chi connectivity index (χ4v) is 1.82. The van der Waals surface area contributed by atoms with Crippen LogP contribution in [-0.4, -0.2) is 33.1 Å². The van der Waals surface area contributed by atoms with Gasteiger partial charge in [0.2, 0.25) is 5.91 Å². The lowest BCUT2D eigenvalue weighted by Gasteiger charge is -2.07. The minimum atomic E-state index is -0.314. The molecule has 7 nitrogen and oxygen atoms in total. The number of anilines is 1. The van der Waals surface area contributed by atoms with Gasteiger partial charge in [0.05, 0.1) is 0 Å². The summed E-state index contributed by atoms with van der Waals surface area (Å²) in [6, 6.07) is 6.73. The third kappa shape index (κ3) is 4.55. The van der Waals surface area contributed by atoms with Crippen molar-refractivity contribution in [3.63, 3.8) is 0 Å². The van der Waals surface area contributed by atoms with Gasteiger partial charge in [0, 0.05) is 24.3 Å². The first-order valence-corrected chi connectivity index (χ1v) is 6.83. The summed E-state index contributed by atoms with van der Waals surface area (Å²) >= 11 is 0. The number of aryl methyl sites for hydroxylation is 1. The van der Waals surface area contributed by atoms with E-state index in [4.69, 9.17) is 0 Å². The van der Waals surface area contributed by atoms with Crippen LogP contribution in [0, 0.1) is 0 Å². The number of carbonyl (C=O) groups is 2. The molecule has 22 heavy (non-hydrogen) atoms. The Hall–Kier alpha value is -2.96. The van der Waals surface area contributed by atoms with Crippen molar-refractivity contribution >= 4 is 17.5 Å². The summed E-state index contributed by atoms with van der Waals surface area (Å²) in [6.07, 6.45) is 5.04. The number of amides is 2. The predicted octanol–water partition coefficient (Wildman–Crippen LogP) is 1.22. The zero-order chi connectivity index (χ0) is 15.8. The average molecular weight is 299 g/mol. The van der Waals surface area contributed by atoms with Gasteiger partial charge in [-0.15, -0.1) is 0 Å². The average Bonchev–Trinajstić information content (AvgIpc) is 3.05. The summed E-state index contributed by atoms with van der Waals surface area (Å²) in [5, 5.41) is 9.42. The van der Waals surface area contributed by atoms with Crippen molar-refractivity contribution in [1.29, 1.82) is 0 Å². The van der Waals surface area contributed by atoms with E-state index >= 15 is 0 Å². The fourth-order valence-electron chi connectivity index (χ4n) is 1.82. The maximum Gasteiger partial charge on any atom is 0.251 e. The van der Waals surface area contributed by atoms with Gasteiger partial charge in [0.25, 0.3) is 5.91 Å². The lowest BCUT2D eigenvalue weighted by molar-refractivity contribution is -0.111. The number of carbonyl (C=O) groups excluding carboxylic acids is 2. The molecule has 0 saturated heterocycles. The Balaban J connectivity index is 1.82. The van der Waals surface area contributed by atoms with Gasteiger partial charge in [0.1, 0.15) is 12.7 Å². The van der Waals surface area contributed by atoms with Crippen LogP contribution in [0.2, 0.25) is 0 Å². The molecule has 0 unspecified atom stereocenters. The van der Waals surface area contributed by atoms with Crippen molar-refractivity contribution in [3.8, 4) is 0 Å². The third-order valence-electron chi connectivity index (χ3n) is 2.89. The minimum Gasteiger partial charge on any atom is -0.352 e. The van der Waals surface area contributed by atoms with Crippen LogP contribution in [0.3, 0.4) is 0 Å². The summed E-state index contributed by atoms with van der Waals surface area (Å²) in [7, 11) is 0. The highest BCUT2D eigenvalue weighted by atomic mass is 16.2. The number of hydrogen-bond donors (Lipinski definition) is 2. The molecule has 114 valence electrons. The highest BCUT2D eigenvalue weighted by Crippen LogP contribution is 2.10. The van der Waals surface area contributed by atoms with Gasteiger partial charge in [-0.25, -0.2) is 4.98 Å². The summed E-state index contributed by atoms with van der Waals surface area (Å²) in [5.74, 6) is -0.501. The van der Waals surface area contributed by atoms with E-state index in [1.54, 1.807) is 35.3 Å². The van der Waals surface area contributed by atoms with Gasteiger partial charge >= 0.3 is 0 Å². The van der Waals surface area contributed by atoms with Gasteiger partial charge in [-0.1, -0.05) is 12.6 Å². The van der Waals surface area contributed by atoms with Crippen molar-refractivity contribution < 1.29 is 9.59 Å². The molecule has 0 aliphatic carbocycles. The predicted molar refractivity (Wildman–Crippen MR) is 82.2 cm³/mol. The molecule has 0 bridgehead atoms. The molecule has 2 aromatic rings. The van der Waals surface area contributed by atoms with Crippen molar-refractivity contribution in [1.82, 2.24) is 20.1 Å². The van der Waals surface area contributed by atoms with Crippen LogP contribution in [0.5, 0.6) is 0 Å². The van der Waals surface area contributed by atoms with E-state index in [0.717, 1.165) is 6.42 Å². The van der Waals surface area contributed by atoms with E-state index in [9.17, 15) is 9.59 Å². The zero-order valence-electron chi connectivity index (χ0n) is 12.0. The van der Waals surface area contributed by atoms with Gasteiger partial charge < -0.3 is 10.6 Å². The molecular formula is C15H17N5O2. The van der Waals surface area contributed by atoms with Crippen molar-refractivity contribution in [2.45, 2.75) is 13.0 Å². The molecule has 2 rings (SSSR count). The number of aromatic nitrogens is 3. The maximum atomic E-state index is 12.0. The minimum absolute atomic E-state index is 0.187.